The standard InChI is InChI=1S/C25H18F3N3O3/c1-14(16-7-9-17(26)10-8-16)31-23(32)25(34-24(31)33,13-15-5-3-2-4-6-15)22-29-20-11-18(27)19(28)12-21(20)30-22/h2-12,14H,13H2,1H3,(H,29,30)/t14-,25-/m1/s1. The molecule has 6 nitrogen and oxygen atoms in total. The molecule has 2 atom stereocenters. The van der Waals surface area contributed by atoms with Gasteiger partial charge in [-0.25, -0.2) is 27.8 Å². The molecule has 1 fully saturated rings. The molecular formula is C25H18F3N3O3. The summed E-state index contributed by atoms with van der Waals surface area (Å²) in [6, 6.07) is 15.3. The van der Waals surface area contributed by atoms with Crippen molar-refractivity contribution in [1.29, 1.82) is 0 Å². The van der Waals surface area contributed by atoms with Gasteiger partial charge in [0.25, 0.3) is 11.5 Å². The van der Waals surface area contributed by atoms with Crippen molar-refractivity contribution in [1.82, 2.24) is 14.9 Å². The third-order valence-corrected chi connectivity index (χ3v) is 5.96. The number of nitrogens with one attached hydrogen (secondary N) is 1. The van der Waals surface area contributed by atoms with Gasteiger partial charge in [-0.2, -0.15) is 0 Å². The van der Waals surface area contributed by atoms with Crippen LogP contribution in [0.4, 0.5) is 18.0 Å². The summed E-state index contributed by atoms with van der Waals surface area (Å²) in [4.78, 5) is 34.9. The fourth-order valence-corrected chi connectivity index (χ4v) is 4.17. The number of imidazole rings is 1. The van der Waals surface area contributed by atoms with E-state index < -0.39 is 41.1 Å². The average Bonchev–Trinajstić information content (AvgIpc) is 3.33. The predicted molar refractivity (Wildman–Crippen MR) is 116 cm³/mol. The normalized spacial score (nSPS) is 19.0. The number of aromatic amines is 1. The van der Waals surface area contributed by atoms with Gasteiger partial charge in [0.1, 0.15) is 5.82 Å². The number of ether oxygens (including phenoxy) is 1. The number of aromatic nitrogens is 2. The first-order chi connectivity index (χ1) is 16.3. The molecule has 172 valence electrons. The highest BCUT2D eigenvalue weighted by molar-refractivity contribution is 6.04. The maximum atomic E-state index is 13.8. The minimum Gasteiger partial charge on any atom is -0.424 e. The van der Waals surface area contributed by atoms with Crippen LogP contribution in [0.1, 0.15) is 29.9 Å². The van der Waals surface area contributed by atoms with E-state index in [9.17, 15) is 22.8 Å². The van der Waals surface area contributed by atoms with Gasteiger partial charge >= 0.3 is 6.09 Å². The lowest BCUT2D eigenvalue weighted by atomic mass is 9.92. The molecule has 0 radical (unpaired) electrons. The van der Waals surface area contributed by atoms with Gasteiger partial charge in [0.2, 0.25) is 0 Å². The highest BCUT2D eigenvalue weighted by Crippen LogP contribution is 2.41. The van der Waals surface area contributed by atoms with E-state index in [-0.39, 0.29) is 23.3 Å². The molecule has 1 aromatic heterocycles. The minimum atomic E-state index is -1.89. The molecule has 1 saturated heterocycles. The number of halogens is 3. The zero-order valence-corrected chi connectivity index (χ0v) is 17.9. The summed E-state index contributed by atoms with van der Waals surface area (Å²) in [6.45, 7) is 1.62. The van der Waals surface area contributed by atoms with E-state index in [0.29, 0.717) is 11.1 Å². The average molecular weight is 465 g/mol. The summed E-state index contributed by atoms with van der Waals surface area (Å²) in [5, 5.41) is 0. The number of fused-ring (bicyclic) bond motifs is 1. The van der Waals surface area contributed by atoms with Gasteiger partial charge in [-0.3, -0.25) is 4.79 Å². The Morgan fingerprint density at radius 1 is 1.00 bits per heavy atom. The van der Waals surface area contributed by atoms with E-state index in [0.717, 1.165) is 17.0 Å². The summed E-state index contributed by atoms with van der Waals surface area (Å²) >= 11 is 0. The van der Waals surface area contributed by atoms with E-state index in [2.05, 4.69) is 9.97 Å². The second kappa shape index (κ2) is 8.02. The number of carbonyl (C=O) groups excluding carboxylic acids is 2. The molecular weight excluding hydrogens is 447 g/mol. The summed E-state index contributed by atoms with van der Waals surface area (Å²) in [7, 11) is 0. The highest BCUT2D eigenvalue weighted by atomic mass is 19.2. The second-order valence-electron chi connectivity index (χ2n) is 8.13. The van der Waals surface area contributed by atoms with Crippen molar-refractivity contribution >= 4 is 23.0 Å². The number of imide groups is 1. The molecule has 0 saturated carbocycles. The molecule has 9 heteroatoms. The number of benzene rings is 3. The van der Waals surface area contributed by atoms with Crippen LogP contribution in [-0.4, -0.2) is 26.9 Å². The van der Waals surface area contributed by atoms with Crippen LogP contribution in [0, 0.1) is 17.5 Å². The maximum Gasteiger partial charge on any atom is 0.418 e. The number of amides is 2. The second-order valence-corrected chi connectivity index (χ2v) is 8.13. The summed E-state index contributed by atoms with van der Waals surface area (Å²) < 4.78 is 46.7. The van der Waals surface area contributed by atoms with Crippen LogP contribution in [0.3, 0.4) is 0 Å². The first-order valence-electron chi connectivity index (χ1n) is 10.5. The SMILES string of the molecule is C[C@H](c1ccc(F)cc1)N1C(=O)O[C@](Cc2ccccc2)(c2nc3cc(F)c(F)cc3[nH]2)C1=O. The molecule has 1 aliphatic rings. The third kappa shape index (κ3) is 3.49. The van der Waals surface area contributed by atoms with Crippen molar-refractivity contribution in [2.24, 2.45) is 0 Å². The minimum absolute atomic E-state index is 0.0523. The van der Waals surface area contributed by atoms with E-state index in [1.165, 1.54) is 24.3 Å². The number of cyclic esters (lactones) is 1. The Kier molecular flexibility index (Phi) is 5.11. The van der Waals surface area contributed by atoms with Crippen molar-refractivity contribution in [3.8, 4) is 0 Å². The maximum absolute atomic E-state index is 13.8. The number of carbonyl (C=O) groups is 2. The lowest BCUT2D eigenvalue weighted by molar-refractivity contribution is -0.139. The van der Waals surface area contributed by atoms with Crippen LogP contribution < -0.4 is 0 Å². The van der Waals surface area contributed by atoms with Crippen molar-refractivity contribution in [3.05, 3.63) is 101 Å². The molecule has 0 spiro atoms. The largest absolute Gasteiger partial charge is 0.424 e. The Hall–Kier alpha value is -4.14. The van der Waals surface area contributed by atoms with Gasteiger partial charge in [0.05, 0.1) is 17.1 Å². The van der Waals surface area contributed by atoms with Gasteiger partial charge in [-0.15, -0.1) is 0 Å². The van der Waals surface area contributed by atoms with Crippen molar-refractivity contribution in [2.75, 3.05) is 0 Å². The molecule has 34 heavy (non-hydrogen) atoms. The first-order valence-corrected chi connectivity index (χ1v) is 10.5. The molecule has 0 bridgehead atoms. The lowest BCUT2D eigenvalue weighted by Crippen LogP contribution is -2.42. The number of H-pyrrole nitrogens is 1. The van der Waals surface area contributed by atoms with Crippen LogP contribution in [0.2, 0.25) is 0 Å². The first kappa shape index (κ1) is 21.7. The summed E-state index contributed by atoms with van der Waals surface area (Å²) in [5.41, 5.74) is -0.460. The number of nitrogens with zero attached hydrogens (tertiary/aromatic N) is 2. The van der Waals surface area contributed by atoms with Crippen LogP contribution in [0.25, 0.3) is 11.0 Å². The van der Waals surface area contributed by atoms with Gasteiger partial charge in [-0.1, -0.05) is 42.5 Å². The van der Waals surface area contributed by atoms with E-state index >= 15 is 0 Å². The van der Waals surface area contributed by atoms with E-state index in [4.69, 9.17) is 4.74 Å². The molecule has 4 aromatic rings. The molecule has 5 rings (SSSR count). The van der Waals surface area contributed by atoms with Crippen LogP contribution in [0.15, 0.2) is 66.7 Å². The van der Waals surface area contributed by atoms with Crippen molar-refractivity contribution in [2.45, 2.75) is 25.0 Å². The molecule has 3 aromatic carbocycles. The molecule has 0 aliphatic carbocycles. The topological polar surface area (TPSA) is 75.3 Å². The predicted octanol–water partition coefficient (Wildman–Crippen LogP) is 5.16. The Morgan fingerprint density at radius 3 is 2.38 bits per heavy atom. The number of rotatable bonds is 5. The van der Waals surface area contributed by atoms with Gasteiger partial charge < -0.3 is 9.72 Å². The van der Waals surface area contributed by atoms with Gasteiger partial charge in [0.15, 0.2) is 17.5 Å². The fourth-order valence-electron chi connectivity index (χ4n) is 4.17. The quantitative estimate of drug-likeness (QED) is 0.442. The Morgan fingerprint density at radius 2 is 1.68 bits per heavy atom. The van der Waals surface area contributed by atoms with Gasteiger partial charge in [0, 0.05) is 18.6 Å². The summed E-state index contributed by atoms with van der Waals surface area (Å²) in [6.07, 6.45) is -0.967. The third-order valence-electron chi connectivity index (χ3n) is 5.96. The number of hydrogen-bond donors (Lipinski definition) is 1. The fraction of sp³-hybridized carbons (Fsp3) is 0.160. The van der Waals surface area contributed by atoms with Crippen LogP contribution in [0.5, 0.6) is 0 Å². The highest BCUT2D eigenvalue weighted by Gasteiger charge is 2.58. The Labute approximate surface area is 192 Å². The molecule has 1 aliphatic heterocycles. The summed E-state index contributed by atoms with van der Waals surface area (Å²) in [5.74, 6) is -3.38. The monoisotopic (exact) mass is 465 g/mol. The van der Waals surface area contributed by atoms with Crippen LogP contribution >= 0.6 is 0 Å². The zero-order chi connectivity index (χ0) is 24.0. The van der Waals surface area contributed by atoms with Crippen LogP contribution in [-0.2, 0) is 21.6 Å². The number of hydrogen-bond acceptors (Lipinski definition) is 4. The smallest absolute Gasteiger partial charge is 0.418 e. The molecule has 0 unspecified atom stereocenters. The Bertz CT molecular complexity index is 1370. The van der Waals surface area contributed by atoms with E-state index in [1.807, 2.05) is 0 Å². The lowest BCUT2D eigenvalue weighted by Gasteiger charge is -2.25. The zero-order valence-electron chi connectivity index (χ0n) is 17.9. The van der Waals surface area contributed by atoms with Crippen molar-refractivity contribution < 1.29 is 27.5 Å². The molecule has 1 N–H and O–H groups in total. The van der Waals surface area contributed by atoms with Gasteiger partial charge in [-0.05, 0) is 30.2 Å². The van der Waals surface area contributed by atoms with E-state index in [1.54, 1.807) is 37.3 Å². The van der Waals surface area contributed by atoms with Crippen molar-refractivity contribution in [3.63, 3.8) is 0 Å². The molecule has 2 heterocycles. The Balaban J connectivity index is 1.62. The molecule has 2 amide bonds.